The molecule has 1 amide bonds. The number of amides is 1. The van der Waals surface area contributed by atoms with E-state index < -0.39 is 0 Å². The Morgan fingerprint density at radius 2 is 1.80 bits per heavy atom. The summed E-state index contributed by atoms with van der Waals surface area (Å²) in [6.45, 7) is 3.89. The maximum atomic E-state index is 13.1. The molecule has 6 nitrogen and oxygen atoms in total. The fourth-order valence-electron chi connectivity index (χ4n) is 3.64. The van der Waals surface area contributed by atoms with E-state index >= 15 is 0 Å². The van der Waals surface area contributed by atoms with Gasteiger partial charge in [0.1, 0.15) is 11.6 Å². The average Bonchev–Trinajstić information content (AvgIpc) is 3.26. The van der Waals surface area contributed by atoms with Gasteiger partial charge in [-0.25, -0.2) is 4.39 Å². The molecule has 2 heterocycles. The monoisotopic (exact) mass is 409 g/mol. The van der Waals surface area contributed by atoms with Gasteiger partial charge >= 0.3 is 0 Å². The number of carbonyl (C=O) groups is 1. The third kappa shape index (κ3) is 4.67. The molecule has 7 heteroatoms. The van der Waals surface area contributed by atoms with Crippen LogP contribution in [0, 0.1) is 5.82 Å². The summed E-state index contributed by atoms with van der Waals surface area (Å²) >= 11 is 0. The Hall–Kier alpha value is -3.22. The van der Waals surface area contributed by atoms with Gasteiger partial charge in [-0.1, -0.05) is 12.1 Å². The average molecular weight is 409 g/mol. The minimum atomic E-state index is -0.305. The normalized spacial score (nSPS) is 14.7. The van der Waals surface area contributed by atoms with Crippen LogP contribution < -0.4 is 4.74 Å². The fourth-order valence-corrected chi connectivity index (χ4v) is 3.64. The molecule has 1 aliphatic rings. The lowest BCUT2D eigenvalue weighted by atomic mass is 9.96. The van der Waals surface area contributed by atoms with Crippen molar-refractivity contribution in [1.82, 2.24) is 15.1 Å². The van der Waals surface area contributed by atoms with Crippen molar-refractivity contribution >= 4 is 5.91 Å². The van der Waals surface area contributed by atoms with Crippen LogP contribution in [0.5, 0.6) is 5.75 Å². The summed E-state index contributed by atoms with van der Waals surface area (Å²) in [4.78, 5) is 14.5. The van der Waals surface area contributed by atoms with Crippen LogP contribution in [-0.2, 0) is 11.2 Å². The Morgan fingerprint density at radius 1 is 1.10 bits per heavy atom. The maximum Gasteiger partial charge on any atom is 0.247 e. The molecule has 1 aromatic heterocycles. The molecule has 0 saturated carbocycles. The molecule has 0 spiro atoms. The molecule has 3 aromatic rings. The molecular formula is C23H24FN3O3. The molecule has 0 N–H and O–H groups in total. The molecule has 156 valence electrons. The van der Waals surface area contributed by atoms with Crippen molar-refractivity contribution < 1.29 is 18.3 Å². The summed E-state index contributed by atoms with van der Waals surface area (Å²) in [5, 5.41) is 8.27. The highest BCUT2D eigenvalue weighted by molar-refractivity contribution is 5.79. The standard InChI is InChI=1S/C23H24FN3O3/c1-2-29-20-9-3-16(4-10-20)15-21(28)27-13-11-18(12-14-27)23-26-25-22(30-23)17-5-7-19(24)8-6-17/h3-10,18H,2,11-15H2,1H3. The number of piperidine rings is 1. The van der Waals surface area contributed by atoms with E-state index in [9.17, 15) is 9.18 Å². The second kappa shape index (κ2) is 9.07. The summed E-state index contributed by atoms with van der Waals surface area (Å²) < 4.78 is 24.3. The molecule has 1 aliphatic heterocycles. The van der Waals surface area contributed by atoms with Crippen LogP contribution in [0.25, 0.3) is 11.5 Å². The Balaban J connectivity index is 1.31. The first-order chi connectivity index (χ1) is 14.6. The Kier molecular flexibility index (Phi) is 6.07. The Bertz CT molecular complexity index is 978. The van der Waals surface area contributed by atoms with Crippen LogP contribution in [-0.4, -0.2) is 40.7 Å². The Labute approximate surface area is 174 Å². The van der Waals surface area contributed by atoms with E-state index in [4.69, 9.17) is 9.15 Å². The van der Waals surface area contributed by atoms with Crippen molar-refractivity contribution in [3.63, 3.8) is 0 Å². The van der Waals surface area contributed by atoms with Crippen LogP contribution in [0.4, 0.5) is 4.39 Å². The lowest BCUT2D eigenvalue weighted by Gasteiger charge is -2.30. The molecule has 0 atom stereocenters. The third-order valence-electron chi connectivity index (χ3n) is 5.32. The molecule has 2 aromatic carbocycles. The number of hydrogen-bond donors (Lipinski definition) is 0. The van der Waals surface area contributed by atoms with Crippen molar-refractivity contribution in [3.05, 3.63) is 65.8 Å². The number of rotatable bonds is 6. The van der Waals surface area contributed by atoms with Gasteiger partial charge in [0.05, 0.1) is 13.0 Å². The van der Waals surface area contributed by atoms with E-state index in [1.54, 1.807) is 12.1 Å². The van der Waals surface area contributed by atoms with Gasteiger partial charge in [0.25, 0.3) is 0 Å². The number of benzene rings is 2. The van der Waals surface area contributed by atoms with Gasteiger partial charge in [-0.2, -0.15) is 0 Å². The molecule has 0 unspecified atom stereocenters. The number of carbonyl (C=O) groups excluding carboxylic acids is 1. The van der Waals surface area contributed by atoms with Gasteiger partial charge in [0, 0.05) is 24.6 Å². The predicted molar refractivity (Wildman–Crippen MR) is 110 cm³/mol. The second-order valence-corrected chi connectivity index (χ2v) is 7.36. The number of aromatic nitrogens is 2. The van der Waals surface area contributed by atoms with E-state index in [2.05, 4.69) is 10.2 Å². The number of halogens is 1. The van der Waals surface area contributed by atoms with Crippen LogP contribution >= 0.6 is 0 Å². The van der Waals surface area contributed by atoms with Gasteiger partial charge in [-0.15, -0.1) is 10.2 Å². The largest absolute Gasteiger partial charge is 0.494 e. The van der Waals surface area contributed by atoms with Crippen LogP contribution in [0.2, 0.25) is 0 Å². The number of hydrogen-bond acceptors (Lipinski definition) is 5. The van der Waals surface area contributed by atoms with E-state index in [1.165, 1.54) is 12.1 Å². The summed E-state index contributed by atoms with van der Waals surface area (Å²) in [5.74, 6) is 1.72. The van der Waals surface area contributed by atoms with Crippen LogP contribution in [0.15, 0.2) is 52.9 Å². The highest BCUT2D eigenvalue weighted by Gasteiger charge is 2.27. The molecule has 0 radical (unpaired) electrons. The van der Waals surface area contributed by atoms with Gasteiger partial charge in [-0.3, -0.25) is 4.79 Å². The molecule has 0 aliphatic carbocycles. The van der Waals surface area contributed by atoms with Crippen molar-refractivity contribution in [2.45, 2.75) is 32.1 Å². The van der Waals surface area contributed by atoms with E-state index in [0.29, 0.717) is 43.5 Å². The van der Waals surface area contributed by atoms with E-state index in [0.717, 1.165) is 24.2 Å². The van der Waals surface area contributed by atoms with Crippen molar-refractivity contribution in [3.8, 4) is 17.2 Å². The first kappa shape index (κ1) is 20.1. The summed E-state index contributed by atoms with van der Waals surface area (Å²) in [5.41, 5.74) is 1.67. The highest BCUT2D eigenvalue weighted by Crippen LogP contribution is 2.29. The van der Waals surface area contributed by atoms with Crippen LogP contribution in [0.1, 0.15) is 37.1 Å². The van der Waals surface area contributed by atoms with Crippen molar-refractivity contribution in [2.75, 3.05) is 19.7 Å². The third-order valence-corrected chi connectivity index (χ3v) is 5.32. The first-order valence-electron chi connectivity index (χ1n) is 10.2. The maximum absolute atomic E-state index is 13.1. The zero-order valence-electron chi connectivity index (χ0n) is 16.9. The molecule has 0 bridgehead atoms. The summed E-state index contributed by atoms with van der Waals surface area (Å²) in [6, 6.07) is 13.6. The van der Waals surface area contributed by atoms with Crippen molar-refractivity contribution in [2.24, 2.45) is 0 Å². The zero-order chi connectivity index (χ0) is 20.9. The van der Waals surface area contributed by atoms with Gasteiger partial charge in [0.2, 0.25) is 17.7 Å². The molecule has 30 heavy (non-hydrogen) atoms. The van der Waals surface area contributed by atoms with Crippen molar-refractivity contribution in [1.29, 1.82) is 0 Å². The number of likely N-dealkylation sites (tertiary alicyclic amines) is 1. The summed E-state index contributed by atoms with van der Waals surface area (Å²) in [7, 11) is 0. The minimum absolute atomic E-state index is 0.121. The Morgan fingerprint density at radius 3 is 2.47 bits per heavy atom. The second-order valence-electron chi connectivity index (χ2n) is 7.36. The molecule has 4 rings (SSSR count). The number of nitrogens with zero attached hydrogens (tertiary/aromatic N) is 3. The van der Waals surface area contributed by atoms with Gasteiger partial charge < -0.3 is 14.1 Å². The highest BCUT2D eigenvalue weighted by atomic mass is 19.1. The lowest BCUT2D eigenvalue weighted by Crippen LogP contribution is -2.38. The molecule has 1 saturated heterocycles. The van der Waals surface area contributed by atoms with Crippen LogP contribution in [0.3, 0.4) is 0 Å². The number of ether oxygens (including phenoxy) is 1. The van der Waals surface area contributed by atoms with Gasteiger partial charge in [-0.05, 0) is 61.7 Å². The van der Waals surface area contributed by atoms with E-state index in [1.807, 2.05) is 36.1 Å². The van der Waals surface area contributed by atoms with Gasteiger partial charge in [0.15, 0.2) is 0 Å². The predicted octanol–water partition coefficient (Wildman–Crippen LogP) is 4.22. The molecular weight excluding hydrogens is 385 g/mol. The SMILES string of the molecule is CCOc1ccc(CC(=O)N2CCC(c3nnc(-c4ccc(F)cc4)o3)CC2)cc1. The first-order valence-corrected chi connectivity index (χ1v) is 10.2. The lowest BCUT2D eigenvalue weighted by molar-refractivity contribution is -0.131. The van der Waals surface area contributed by atoms with E-state index in [-0.39, 0.29) is 17.6 Å². The molecule has 1 fully saturated rings. The summed E-state index contributed by atoms with van der Waals surface area (Å²) in [6.07, 6.45) is 1.94. The zero-order valence-corrected chi connectivity index (χ0v) is 16.9. The quantitative estimate of drug-likeness (QED) is 0.610. The smallest absolute Gasteiger partial charge is 0.247 e. The fraction of sp³-hybridized carbons (Fsp3) is 0.348. The minimum Gasteiger partial charge on any atom is -0.494 e. The topological polar surface area (TPSA) is 68.5 Å².